The van der Waals surface area contributed by atoms with Crippen LogP contribution in [0.15, 0.2) is 21.5 Å². The highest BCUT2D eigenvalue weighted by molar-refractivity contribution is 9.10. The number of hydrogen-bond donors (Lipinski definition) is 1. The SMILES string of the molecule is CCCOc1c(Br)cc(/C=C2/SC(=S)N(CC(=O)O)C2=O)cc1OCC. The van der Waals surface area contributed by atoms with Crippen LogP contribution in [0.5, 0.6) is 11.5 Å². The van der Waals surface area contributed by atoms with E-state index in [4.69, 9.17) is 26.8 Å². The lowest BCUT2D eigenvalue weighted by molar-refractivity contribution is -0.140. The van der Waals surface area contributed by atoms with Crippen LogP contribution in [0, 0.1) is 0 Å². The van der Waals surface area contributed by atoms with Gasteiger partial charge in [0.1, 0.15) is 10.9 Å². The summed E-state index contributed by atoms with van der Waals surface area (Å²) in [6.45, 7) is 4.48. The van der Waals surface area contributed by atoms with E-state index in [-0.39, 0.29) is 4.32 Å². The molecule has 1 aromatic rings. The highest BCUT2D eigenvalue weighted by atomic mass is 79.9. The number of carbonyl (C=O) groups excluding carboxylic acids is 1. The molecule has 1 aliphatic heterocycles. The number of ether oxygens (including phenoxy) is 2. The molecule has 0 aliphatic carbocycles. The van der Waals surface area contributed by atoms with E-state index < -0.39 is 18.4 Å². The summed E-state index contributed by atoms with van der Waals surface area (Å²) in [7, 11) is 0. The Balaban J connectivity index is 2.34. The molecule has 0 atom stereocenters. The number of hydrogen-bond acceptors (Lipinski definition) is 6. The van der Waals surface area contributed by atoms with Crippen molar-refractivity contribution in [3.63, 3.8) is 0 Å². The van der Waals surface area contributed by atoms with Gasteiger partial charge < -0.3 is 14.6 Å². The van der Waals surface area contributed by atoms with Crippen LogP contribution in [0.1, 0.15) is 25.8 Å². The van der Waals surface area contributed by atoms with Crippen LogP contribution >= 0.6 is 39.9 Å². The Morgan fingerprint density at radius 1 is 1.38 bits per heavy atom. The van der Waals surface area contributed by atoms with Crippen molar-refractivity contribution in [2.75, 3.05) is 19.8 Å². The first kappa shape index (κ1) is 20.7. The van der Waals surface area contributed by atoms with Crippen molar-refractivity contribution in [2.24, 2.45) is 0 Å². The maximum Gasteiger partial charge on any atom is 0.323 e. The molecule has 26 heavy (non-hydrogen) atoms. The lowest BCUT2D eigenvalue weighted by Gasteiger charge is -2.14. The van der Waals surface area contributed by atoms with Gasteiger partial charge in [-0.15, -0.1) is 0 Å². The summed E-state index contributed by atoms with van der Waals surface area (Å²) in [6, 6.07) is 3.60. The van der Waals surface area contributed by atoms with Gasteiger partial charge in [0.2, 0.25) is 0 Å². The summed E-state index contributed by atoms with van der Waals surface area (Å²) >= 11 is 9.66. The molecule has 140 valence electrons. The minimum atomic E-state index is -1.11. The molecule has 0 aromatic heterocycles. The van der Waals surface area contributed by atoms with Gasteiger partial charge in [0.15, 0.2) is 11.5 Å². The molecule has 0 radical (unpaired) electrons. The number of nitrogens with zero attached hydrogens (tertiary/aromatic N) is 1. The van der Waals surface area contributed by atoms with Gasteiger partial charge in [-0.2, -0.15) is 0 Å². The zero-order valence-corrected chi connectivity index (χ0v) is 17.5. The second-order valence-electron chi connectivity index (χ2n) is 5.27. The van der Waals surface area contributed by atoms with Gasteiger partial charge in [-0.3, -0.25) is 14.5 Å². The third kappa shape index (κ3) is 4.99. The monoisotopic (exact) mass is 459 g/mol. The molecule has 2 rings (SSSR count). The summed E-state index contributed by atoms with van der Waals surface area (Å²) < 4.78 is 12.3. The minimum Gasteiger partial charge on any atom is -0.490 e. The molecular weight excluding hydrogens is 442 g/mol. The first-order chi connectivity index (χ1) is 12.4. The first-order valence-corrected chi connectivity index (χ1v) is 9.95. The number of aliphatic carboxylic acids is 1. The third-order valence-corrected chi connectivity index (χ3v) is 5.21. The second kappa shape index (κ2) is 9.38. The standard InChI is InChI=1S/C17H18BrNO5S2/c1-3-5-24-15-11(18)6-10(7-12(15)23-4-2)8-13-16(22)19(9-14(20)21)17(25)26-13/h6-8H,3-5,9H2,1-2H3,(H,20,21)/b13-8+. The molecule has 0 bridgehead atoms. The second-order valence-corrected chi connectivity index (χ2v) is 7.80. The van der Waals surface area contributed by atoms with Crippen molar-refractivity contribution in [1.29, 1.82) is 0 Å². The van der Waals surface area contributed by atoms with Crippen molar-refractivity contribution < 1.29 is 24.2 Å². The highest BCUT2D eigenvalue weighted by Crippen LogP contribution is 2.39. The number of carboxylic acids is 1. The number of rotatable bonds is 8. The van der Waals surface area contributed by atoms with Crippen LogP contribution in [0.3, 0.4) is 0 Å². The van der Waals surface area contributed by atoms with Crippen molar-refractivity contribution in [2.45, 2.75) is 20.3 Å². The molecular formula is C17H18BrNO5S2. The molecule has 1 saturated heterocycles. The molecule has 0 saturated carbocycles. The van der Waals surface area contributed by atoms with E-state index in [1.54, 1.807) is 12.1 Å². The van der Waals surface area contributed by atoms with Gasteiger partial charge in [-0.05, 0) is 53.0 Å². The van der Waals surface area contributed by atoms with E-state index in [0.717, 1.165) is 28.6 Å². The zero-order valence-electron chi connectivity index (χ0n) is 14.3. The number of halogens is 1. The quantitative estimate of drug-likeness (QED) is 0.466. The molecule has 1 aliphatic rings. The summed E-state index contributed by atoms with van der Waals surface area (Å²) in [5, 5.41) is 8.90. The van der Waals surface area contributed by atoms with E-state index in [2.05, 4.69) is 15.9 Å². The van der Waals surface area contributed by atoms with Crippen LogP contribution in [-0.2, 0) is 9.59 Å². The molecule has 1 N–H and O–H groups in total. The van der Waals surface area contributed by atoms with Gasteiger partial charge in [0, 0.05) is 0 Å². The minimum absolute atomic E-state index is 0.232. The van der Waals surface area contributed by atoms with Gasteiger partial charge in [-0.25, -0.2) is 0 Å². The molecule has 1 aromatic carbocycles. The van der Waals surface area contributed by atoms with Crippen molar-refractivity contribution >= 4 is 62.2 Å². The number of thioether (sulfide) groups is 1. The normalized spacial score (nSPS) is 15.7. The van der Waals surface area contributed by atoms with Crippen molar-refractivity contribution in [3.05, 3.63) is 27.1 Å². The average Bonchev–Trinajstić information content (AvgIpc) is 2.81. The van der Waals surface area contributed by atoms with Gasteiger partial charge in [0.05, 0.1) is 22.6 Å². The van der Waals surface area contributed by atoms with Crippen molar-refractivity contribution in [3.8, 4) is 11.5 Å². The Morgan fingerprint density at radius 2 is 2.12 bits per heavy atom. The molecule has 6 nitrogen and oxygen atoms in total. The van der Waals surface area contributed by atoms with Crippen LogP contribution in [0.25, 0.3) is 6.08 Å². The third-order valence-electron chi connectivity index (χ3n) is 3.25. The Kier molecular flexibility index (Phi) is 7.48. The van der Waals surface area contributed by atoms with E-state index in [0.29, 0.717) is 34.1 Å². The Labute approximate surface area is 169 Å². The van der Waals surface area contributed by atoms with Crippen LogP contribution < -0.4 is 9.47 Å². The van der Waals surface area contributed by atoms with Crippen LogP contribution in [0.4, 0.5) is 0 Å². The predicted octanol–water partition coefficient (Wildman–Crippen LogP) is 3.92. The fraction of sp³-hybridized carbons (Fsp3) is 0.353. The lowest BCUT2D eigenvalue weighted by atomic mass is 10.2. The van der Waals surface area contributed by atoms with E-state index in [9.17, 15) is 9.59 Å². The summed E-state index contributed by atoms with van der Waals surface area (Å²) in [6.07, 6.45) is 2.53. The molecule has 1 fully saturated rings. The smallest absolute Gasteiger partial charge is 0.323 e. The van der Waals surface area contributed by atoms with Gasteiger partial charge >= 0.3 is 5.97 Å². The molecule has 1 heterocycles. The Morgan fingerprint density at radius 3 is 2.73 bits per heavy atom. The topological polar surface area (TPSA) is 76.1 Å². The maximum absolute atomic E-state index is 12.4. The Hall–Kier alpha value is -1.58. The predicted molar refractivity (Wildman–Crippen MR) is 109 cm³/mol. The Bertz CT molecular complexity index is 766. The molecule has 9 heteroatoms. The fourth-order valence-electron chi connectivity index (χ4n) is 2.20. The van der Waals surface area contributed by atoms with Gasteiger partial charge in [-0.1, -0.05) is 30.9 Å². The number of thiocarbonyl (C=S) groups is 1. The van der Waals surface area contributed by atoms with Crippen LogP contribution in [0.2, 0.25) is 0 Å². The molecule has 0 spiro atoms. The highest BCUT2D eigenvalue weighted by Gasteiger charge is 2.33. The largest absolute Gasteiger partial charge is 0.490 e. The number of carbonyl (C=O) groups is 2. The zero-order chi connectivity index (χ0) is 19.3. The first-order valence-electron chi connectivity index (χ1n) is 7.93. The fourth-order valence-corrected chi connectivity index (χ4v) is 4.03. The van der Waals surface area contributed by atoms with Crippen molar-refractivity contribution in [1.82, 2.24) is 4.90 Å². The number of carboxylic acid groups (broad SMARTS) is 1. The molecule has 0 unspecified atom stereocenters. The van der Waals surface area contributed by atoms with Gasteiger partial charge in [0.25, 0.3) is 5.91 Å². The number of benzene rings is 1. The summed E-state index contributed by atoms with van der Waals surface area (Å²) in [5.74, 6) is -0.337. The van der Waals surface area contributed by atoms with E-state index in [1.807, 2.05) is 19.9 Å². The average molecular weight is 460 g/mol. The summed E-state index contributed by atoms with van der Waals surface area (Å²) in [4.78, 5) is 24.7. The van der Waals surface area contributed by atoms with Crippen LogP contribution in [-0.4, -0.2) is 46.0 Å². The number of amides is 1. The van der Waals surface area contributed by atoms with E-state index >= 15 is 0 Å². The maximum atomic E-state index is 12.4. The lowest BCUT2D eigenvalue weighted by Crippen LogP contribution is -2.33. The summed E-state index contributed by atoms with van der Waals surface area (Å²) in [5.41, 5.74) is 0.722. The van der Waals surface area contributed by atoms with E-state index in [1.165, 1.54) is 0 Å². The molecule has 1 amide bonds.